The van der Waals surface area contributed by atoms with E-state index in [1.54, 1.807) is 36.4 Å². The molecule has 2 aromatic rings. The van der Waals surface area contributed by atoms with Gasteiger partial charge in [0.1, 0.15) is 11.9 Å². The van der Waals surface area contributed by atoms with Crippen molar-refractivity contribution < 1.29 is 18.7 Å². The summed E-state index contributed by atoms with van der Waals surface area (Å²) in [5.41, 5.74) is 0.683. The van der Waals surface area contributed by atoms with Crippen molar-refractivity contribution in [3.63, 3.8) is 0 Å². The quantitative estimate of drug-likeness (QED) is 0.692. The number of esters is 1. The zero-order valence-corrected chi connectivity index (χ0v) is 15.9. The maximum absolute atomic E-state index is 13.8. The molecule has 0 heterocycles. The fraction of sp³-hybridized carbons (Fsp3) is 0.176. The summed E-state index contributed by atoms with van der Waals surface area (Å²) >= 11 is 6.60. The second-order valence-electron chi connectivity index (χ2n) is 5.00. The minimum atomic E-state index is -0.989. The molecule has 4 nitrogen and oxygen atoms in total. The van der Waals surface area contributed by atoms with Gasteiger partial charge < -0.3 is 10.1 Å². The van der Waals surface area contributed by atoms with Crippen LogP contribution < -0.4 is 5.32 Å². The van der Waals surface area contributed by atoms with Gasteiger partial charge in [-0.25, -0.2) is 9.18 Å². The molecular weight excluding hydrogens is 445 g/mol. The second kappa shape index (κ2) is 8.39. The molecule has 2 aromatic carbocycles. The van der Waals surface area contributed by atoms with Crippen LogP contribution in [0.1, 0.15) is 15.9 Å². The number of ether oxygens (including phenoxy) is 1. The van der Waals surface area contributed by atoms with E-state index in [1.165, 1.54) is 13.2 Å². The Hall–Kier alpha value is -1.73. The van der Waals surface area contributed by atoms with Crippen LogP contribution in [-0.4, -0.2) is 25.0 Å². The van der Waals surface area contributed by atoms with Gasteiger partial charge >= 0.3 is 5.97 Å². The van der Waals surface area contributed by atoms with Gasteiger partial charge in [-0.2, -0.15) is 0 Å². The Morgan fingerprint density at radius 3 is 2.38 bits per heavy atom. The fourth-order valence-electron chi connectivity index (χ4n) is 2.15. The second-order valence-corrected chi connectivity index (χ2v) is 6.83. The molecule has 24 heavy (non-hydrogen) atoms. The van der Waals surface area contributed by atoms with Crippen LogP contribution in [-0.2, 0) is 16.0 Å². The molecule has 2 rings (SSSR count). The van der Waals surface area contributed by atoms with Gasteiger partial charge in [0.2, 0.25) is 0 Å². The first-order valence-electron chi connectivity index (χ1n) is 6.99. The Bertz CT molecular complexity index is 747. The molecule has 126 valence electrons. The van der Waals surface area contributed by atoms with E-state index in [1.807, 2.05) is 0 Å². The number of carbonyl (C=O) groups excluding carboxylic acids is 2. The van der Waals surface area contributed by atoms with Crippen LogP contribution in [0.2, 0.25) is 0 Å². The highest BCUT2D eigenvalue weighted by Crippen LogP contribution is 2.20. The summed E-state index contributed by atoms with van der Waals surface area (Å²) in [6.45, 7) is 0. The van der Waals surface area contributed by atoms with Crippen LogP contribution in [0.3, 0.4) is 0 Å². The third-order valence-corrected chi connectivity index (χ3v) is 4.21. The van der Waals surface area contributed by atoms with Gasteiger partial charge in [0, 0.05) is 20.9 Å². The zero-order chi connectivity index (χ0) is 17.7. The molecule has 0 saturated carbocycles. The monoisotopic (exact) mass is 457 g/mol. The van der Waals surface area contributed by atoms with E-state index < -0.39 is 23.7 Å². The first kappa shape index (κ1) is 18.6. The van der Waals surface area contributed by atoms with Gasteiger partial charge in [0.25, 0.3) is 5.91 Å². The van der Waals surface area contributed by atoms with E-state index in [0.717, 1.165) is 0 Å². The summed E-state index contributed by atoms with van der Waals surface area (Å²) in [5.74, 6) is -1.53. The summed E-state index contributed by atoms with van der Waals surface area (Å²) in [4.78, 5) is 24.4. The van der Waals surface area contributed by atoms with Crippen molar-refractivity contribution in [3.8, 4) is 0 Å². The van der Waals surface area contributed by atoms with Crippen molar-refractivity contribution in [1.82, 2.24) is 5.32 Å². The smallest absolute Gasteiger partial charge is 0.328 e. The third-order valence-electron chi connectivity index (χ3n) is 3.30. The number of methoxy groups -OCH3 is 1. The van der Waals surface area contributed by atoms with Crippen LogP contribution in [0.4, 0.5) is 4.39 Å². The molecule has 0 spiro atoms. The maximum atomic E-state index is 13.8. The zero-order valence-electron chi connectivity index (χ0n) is 12.7. The molecule has 0 bridgehead atoms. The van der Waals surface area contributed by atoms with Crippen molar-refractivity contribution in [2.24, 2.45) is 0 Å². The van der Waals surface area contributed by atoms with Gasteiger partial charge in [0.15, 0.2) is 0 Å². The Morgan fingerprint density at radius 2 is 1.79 bits per heavy atom. The molecule has 0 unspecified atom stereocenters. The molecule has 0 aromatic heterocycles. The van der Waals surface area contributed by atoms with Crippen LogP contribution in [0.5, 0.6) is 0 Å². The maximum Gasteiger partial charge on any atom is 0.328 e. The topological polar surface area (TPSA) is 55.4 Å². The number of benzene rings is 2. The number of amides is 1. The average Bonchev–Trinajstić information content (AvgIpc) is 2.54. The molecule has 1 N–H and O–H groups in total. The lowest BCUT2D eigenvalue weighted by Gasteiger charge is -2.17. The van der Waals surface area contributed by atoms with Crippen LogP contribution in [0.15, 0.2) is 51.4 Å². The first-order valence-corrected chi connectivity index (χ1v) is 8.57. The molecule has 1 amide bonds. The van der Waals surface area contributed by atoms with E-state index >= 15 is 0 Å². The van der Waals surface area contributed by atoms with Crippen molar-refractivity contribution in [1.29, 1.82) is 0 Å². The van der Waals surface area contributed by atoms with E-state index in [9.17, 15) is 14.0 Å². The standard InChI is InChI=1S/C17H14Br2FNO3/c1-24-17(23)15(8-10-4-2-3-5-14(10)20)21-16(22)11-6-12(18)9-13(19)7-11/h2-7,9,15H,8H2,1H3,(H,21,22)/t15-/m0/s1. The van der Waals surface area contributed by atoms with Gasteiger partial charge in [-0.3, -0.25) is 4.79 Å². The normalized spacial score (nSPS) is 11.7. The predicted molar refractivity (Wildman–Crippen MR) is 95.2 cm³/mol. The Morgan fingerprint density at radius 1 is 1.17 bits per heavy atom. The third kappa shape index (κ3) is 4.88. The Balaban J connectivity index is 2.21. The lowest BCUT2D eigenvalue weighted by atomic mass is 10.0. The Kier molecular flexibility index (Phi) is 6.51. The van der Waals surface area contributed by atoms with Crippen LogP contribution >= 0.6 is 31.9 Å². The highest BCUT2D eigenvalue weighted by Gasteiger charge is 2.24. The molecule has 7 heteroatoms. The summed E-state index contributed by atoms with van der Waals surface area (Å²) in [7, 11) is 1.22. The predicted octanol–water partition coefficient (Wildman–Crippen LogP) is 3.86. The highest BCUT2D eigenvalue weighted by atomic mass is 79.9. The molecule has 0 aliphatic rings. The number of nitrogens with one attached hydrogen (secondary N) is 1. The van der Waals surface area contributed by atoms with Gasteiger partial charge in [-0.1, -0.05) is 50.1 Å². The number of hydrogen-bond donors (Lipinski definition) is 1. The Labute approximate surface area is 155 Å². The molecule has 0 aliphatic heterocycles. The fourth-order valence-corrected chi connectivity index (χ4v) is 3.44. The lowest BCUT2D eigenvalue weighted by molar-refractivity contribution is -0.142. The van der Waals surface area contributed by atoms with Gasteiger partial charge in [-0.05, 0) is 29.8 Å². The van der Waals surface area contributed by atoms with E-state index in [2.05, 4.69) is 37.2 Å². The number of hydrogen-bond acceptors (Lipinski definition) is 3. The minimum absolute atomic E-state index is 0.000257. The summed E-state index contributed by atoms with van der Waals surface area (Å²) < 4.78 is 19.9. The molecule has 0 radical (unpaired) electrons. The summed E-state index contributed by atoms with van der Waals surface area (Å²) in [6, 6.07) is 10.1. The van der Waals surface area contributed by atoms with Crippen LogP contribution in [0.25, 0.3) is 0 Å². The van der Waals surface area contributed by atoms with Crippen molar-refractivity contribution >= 4 is 43.7 Å². The average molecular weight is 459 g/mol. The van der Waals surface area contributed by atoms with E-state index in [0.29, 0.717) is 20.1 Å². The first-order chi connectivity index (χ1) is 11.4. The van der Waals surface area contributed by atoms with Crippen molar-refractivity contribution in [3.05, 3.63) is 68.4 Å². The largest absolute Gasteiger partial charge is 0.467 e. The molecular formula is C17H14Br2FNO3. The number of carbonyl (C=O) groups is 2. The van der Waals surface area contributed by atoms with E-state index in [-0.39, 0.29) is 6.42 Å². The molecule has 1 atom stereocenters. The number of halogens is 3. The molecule has 0 aliphatic carbocycles. The highest BCUT2D eigenvalue weighted by molar-refractivity contribution is 9.11. The minimum Gasteiger partial charge on any atom is -0.467 e. The SMILES string of the molecule is COC(=O)[C@H](Cc1ccccc1F)NC(=O)c1cc(Br)cc(Br)c1. The summed E-state index contributed by atoms with van der Waals surface area (Å²) in [5, 5.41) is 2.59. The van der Waals surface area contributed by atoms with Crippen LogP contribution in [0, 0.1) is 5.82 Å². The van der Waals surface area contributed by atoms with Crippen molar-refractivity contribution in [2.75, 3.05) is 7.11 Å². The molecule has 0 saturated heterocycles. The van der Waals surface area contributed by atoms with E-state index in [4.69, 9.17) is 4.74 Å². The van der Waals surface area contributed by atoms with Crippen molar-refractivity contribution in [2.45, 2.75) is 12.5 Å². The summed E-state index contributed by atoms with van der Waals surface area (Å²) in [6.07, 6.45) is 0.000257. The van der Waals surface area contributed by atoms with Gasteiger partial charge in [0.05, 0.1) is 7.11 Å². The van der Waals surface area contributed by atoms with Gasteiger partial charge in [-0.15, -0.1) is 0 Å². The lowest BCUT2D eigenvalue weighted by Crippen LogP contribution is -2.43. The number of rotatable bonds is 5. The molecule has 0 fully saturated rings.